The second-order valence-corrected chi connectivity index (χ2v) is 5.03. The van der Waals surface area contributed by atoms with Gasteiger partial charge in [-0.1, -0.05) is 13.3 Å². The summed E-state index contributed by atoms with van der Waals surface area (Å²) in [6, 6.07) is 0. The van der Waals surface area contributed by atoms with E-state index in [1.165, 1.54) is 0 Å². The van der Waals surface area contributed by atoms with Crippen LogP contribution in [0.2, 0.25) is 0 Å². The van der Waals surface area contributed by atoms with E-state index >= 15 is 0 Å². The molecule has 5 nitrogen and oxygen atoms in total. The van der Waals surface area contributed by atoms with Crippen molar-refractivity contribution in [2.24, 2.45) is 11.1 Å². The highest BCUT2D eigenvalue weighted by Gasteiger charge is 2.39. The molecule has 1 atom stereocenters. The van der Waals surface area contributed by atoms with Gasteiger partial charge in [-0.2, -0.15) is 0 Å². The van der Waals surface area contributed by atoms with Crippen LogP contribution in [0.5, 0.6) is 0 Å². The molecule has 1 aliphatic rings. The van der Waals surface area contributed by atoms with Crippen LogP contribution in [-0.4, -0.2) is 42.9 Å². The Balaban J connectivity index is 2.67. The number of amides is 2. The van der Waals surface area contributed by atoms with Gasteiger partial charge in [0.05, 0.1) is 12.0 Å². The molecule has 1 heterocycles. The molecule has 1 unspecified atom stereocenters. The number of rotatable bonds is 6. The Hall–Kier alpha value is -1.10. The lowest BCUT2D eigenvalue weighted by Gasteiger charge is -2.30. The van der Waals surface area contributed by atoms with Crippen molar-refractivity contribution in [1.82, 2.24) is 10.2 Å². The SMILES string of the molecule is CCCCN(CC(N)=O)C(=O)C1(C)CCNC1. The first kappa shape index (κ1) is 14.0. The molecule has 1 fully saturated rings. The zero-order valence-electron chi connectivity index (χ0n) is 10.8. The van der Waals surface area contributed by atoms with Gasteiger partial charge in [0.25, 0.3) is 0 Å². The minimum atomic E-state index is -0.441. The third-order valence-electron chi connectivity index (χ3n) is 3.30. The largest absolute Gasteiger partial charge is 0.368 e. The highest BCUT2D eigenvalue weighted by molar-refractivity contribution is 5.87. The number of carbonyl (C=O) groups excluding carboxylic acids is 2. The van der Waals surface area contributed by atoms with Crippen LogP contribution in [0, 0.1) is 5.41 Å². The molecule has 1 aliphatic heterocycles. The van der Waals surface area contributed by atoms with E-state index < -0.39 is 5.91 Å². The van der Waals surface area contributed by atoms with E-state index in [0.717, 1.165) is 25.8 Å². The highest BCUT2D eigenvalue weighted by atomic mass is 16.2. The molecule has 1 saturated heterocycles. The minimum absolute atomic E-state index is 0.0361. The average molecular weight is 241 g/mol. The molecule has 5 heteroatoms. The molecule has 0 aromatic carbocycles. The van der Waals surface area contributed by atoms with E-state index in [9.17, 15) is 9.59 Å². The van der Waals surface area contributed by atoms with Crippen molar-refractivity contribution in [3.8, 4) is 0 Å². The first-order chi connectivity index (χ1) is 7.99. The van der Waals surface area contributed by atoms with Gasteiger partial charge >= 0.3 is 0 Å². The lowest BCUT2D eigenvalue weighted by Crippen LogP contribution is -2.47. The van der Waals surface area contributed by atoms with Gasteiger partial charge in [-0.25, -0.2) is 0 Å². The Morgan fingerprint density at radius 2 is 2.18 bits per heavy atom. The fraction of sp³-hybridized carbons (Fsp3) is 0.833. The van der Waals surface area contributed by atoms with Crippen LogP contribution in [0.1, 0.15) is 33.1 Å². The molecule has 0 spiro atoms. The zero-order valence-corrected chi connectivity index (χ0v) is 10.8. The number of primary amides is 1. The number of nitrogens with zero attached hydrogens (tertiary/aromatic N) is 1. The average Bonchev–Trinajstić information content (AvgIpc) is 2.71. The van der Waals surface area contributed by atoms with Gasteiger partial charge in [-0.3, -0.25) is 9.59 Å². The van der Waals surface area contributed by atoms with Crippen molar-refractivity contribution in [2.75, 3.05) is 26.2 Å². The standard InChI is InChI=1S/C12H23N3O2/c1-3-4-7-15(8-10(13)16)11(17)12(2)5-6-14-9-12/h14H,3-9H2,1-2H3,(H2,13,16). The lowest BCUT2D eigenvalue weighted by atomic mass is 9.88. The molecule has 17 heavy (non-hydrogen) atoms. The first-order valence-electron chi connectivity index (χ1n) is 6.28. The summed E-state index contributed by atoms with van der Waals surface area (Å²) >= 11 is 0. The molecular formula is C12H23N3O2. The first-order valence-corrected chi connectivity index (χ1v) is 6.28. The number of hydrogen-bond donors (Lipinski definition) is 2. The van der Waals surface area contributed by atoms with Crippen molar-refractivity contribution >= 4 is 11.8 Å². The Morgan fingerprint density at radius 3 is 2.65 bits per heavy atom. The molecule has 2 amide bonds. The summed E-state index contributed by atoms with van der Waals surface area (Å²) in [6.45, 7) is 6.22. The highest BCUT2D eigenvalue weighted by Crippen LogP contribution is 2.27. The van der Waals surface area contributed by atoms with Crippen LogP contribution in [0.4, 0.5) is 0 Å². The predicted octanol–water partition coefficient (Wildman–Crippen LogP) is 0.100. The molecule has 1 rings (SSSR count). The van der Waals surface area contributed by atoms with Gasteiger partial charge in [0.15, 0.2) is 0 Å². The maximum absolute atomic E-state index is 12.4. The molecule has 0 aromatic heterocycles. The van der Waals surface area contributed by atoms with Gasteiger partial charge in [0.2, 0.25) is 11.8 Å². The maximum Gasteiger partial charge on any atom is 0.237 e. The molecule has 0 saturated carbocycles. The third-order valence-corrected chi connectivity index (χ3v) is 3.30. The molecule has 0 aromatic rings. The van der Waals surface area contributed by atoms with Crippen LogP contribution in [0.15, 0.2) is 0 Å². The lowest BCUT2D eigenvalue weighted by molar-refractivity contribution is -0.143. The fourth-order valence-electron chi connectivity index (χ4n) is 2.17. The maximum atomic E-state index is 12.4. The number of unbranched alkanes of at least 4 members (excludes halogenated alkanes) is 1. The Bertz CT molecular complexity index is 285. The van der Waals surface area contributed by atoms with Crippen molar-refractivity contribution in [1.29, 1.82) is 0 Å². The van der Waals surface area contributed by atoms with Crippen molar-refractivity contribution in [2.45, 2.75) is 33.1 Å². The van der Waals surface area contributed by atoms with E-state index in [1.807, 2.05) is 6.92 Å². The Labute approximate surface area is 103 Å². The van der Waals surface area contributed by atoms with E-state index in [2.05, 4.69) is 12.2 Å². The summed E-state index contributed by atoms with van der Waals surface area (Å²) in [5, 5.41) is 3.19. The van der Waals surface area contributed by atoms with E-state index in [4.69, 9.17) is 5.73 Å². The van der Waals surface area contributed by atoms with Crippen LogP contribution >= 0.6 is 0 Å². The Kier molecular flexibility index (Phi) is 4.93. The minimum Gasteiger partial charge on any atom is -0.368 e. The van der Waals surface area contributed by atoms with E-state index in [-0.39, 0.29) is 17.9 Å². The van der Waals surface area contributed by atoms with Crippen LogP contribution in [0.3, 0.4) is 0 Å². The van der Waals surface area contributed by atoms with Crippen LogP contribution in [-0.2, 0) is 9.59 Å². The summed E-state index contributed by atoms with van der Waals surface area (Å²) < 4.78 is 0. The van der Waals surface area contributed by atoms with Crippen molar-refractivity contribution in [3.05, 3.63) is 0 Å². The second kappa shape index (κ2) is 6.00. The van der Waals surface area contributed by atoms with E-state index in [0.29, 0.717) is 13.1 Å². The smallest absolute Gasteiger partial charge is 0.237 e. The molecule has 0 aliphatic carbocycles. The number of hydrogen-bond acceptors (Lipinski definition) is 3. The quantitative estimate of drug-likeness (QED) is 0.692. The topological polar surface area (TPSA) is 75.4 Å². The third kappa shape index (κ3) is 3.70. The number of carbonyl (C=O) groups is 2. The van der Waals surface area contributed by atoms with Gasteiger partial charge in [-0.05, 0) is 26.3 Å². The summed E-state index contributed by atoms with van der Waals surface area (Å²) in [6.07, 6.45) is 2.73. The predicted molar refractivity (Wildman–Crippen MR) is 66.3 cm³/mol. The Morgan fingerprint density at radius 1 is 1.47 bits per heavy atom. The molecule has 0 radical (unpaired) electrons. The molecule has 0 bridgehead atoms. The van der Waals surface area contributed by atoms with Crippen molar-refractivity contribution < 1.29 is 9.59 Å². The van der Waals surface area contributed by atoms with Crippen LogP contribution in [0.25, 0.3) is 0 Å². The summed E-state index contributed by atoms with van der Waals surface area (Å²) in [4.78, 5) is 25.0. The van der Waals surface area contributed by atoms with Crippen LogP contribution < -0.4 is 11.1 Å². The van der Waals surface area contributed by atoms with Crippen molar-refractivity contribution in [3.63, 3.8) is 0 Å². The molecular weight excluding hydrogens is 218 g/mol. The second-order valence-electron chi connectivity index (χ2n) is 5.03. The zero-order chi connectivity index (χ0) is 12.9. The van der Waals surface area contributed by atoms with E-state index in [1.54, 1.807) is 4.90 Å². The van der Waals surface area contributed by atoms with Gasteiger partial charge in [0.1, 0.15) is 0 Å². The summed E-state index contributed by atoms with van der Waals surface area (Å²) in [7, 11) is 0. The molecule has 98 valence electrons. The summed E-state index contributed by atoms with van der Waals surface area (Å²) in [5.74, 6) is -0.390. The number of nitrogens with two attached hydrogens (primary N) is 1. The normalized spacial score (nSPS) is 23.6. The molecule has 3 N–H and O–H groups in total. The summed E-state index contributed by atoms with van der Waals surface area (Å²) in [5.41, 5.74) is 4.82. The number of nitrogens with one attached hydrogen (secondary N) is 1. The van der Waals surface area contributed by atoms with Gasteiger partial charge in [-0.15, -0.1) is 0 Å². The fourth-order valence-corrected chi connectivity index (χ4v) is 2.17. The van der Waals surface area contributed by atoms with Gasteiger partial charge < -0.3 is 16.0 Å². The van der Waals surface area contributed by atoms with Gasteiger partial charge in [0, 0.05) is 13.1 Å². The monoisotopic (exact) mass is 241 g/mol.